The third-order valence-electron chi connectivity index (χ3n) is 10.6. The summed E-state index contributed by atoms with van der Waals surface area (Å²) in [7, 11) is 0. The van der Waals surface area contributed by atoms with Crippen molar-refractivity contribution in [3.63, 3.8) is 0 Å². The van der Waals surface area contributed by atoms with E-state index in [-0.39, 0.29) is 5.41 Å². The highest BCUT2D eigenvalue weighted by Gasteiger charge is 2.38. The summed E-state index contributed by atoms with van der Waals surface area (Å²) in [6.07, 6.45) is 28.2. The predicted octanol–water partition coefficient (Wildman–Crippen LogP) is 12.6. The summed E-state index contributed by atoms with van der Waals surface area (Å²) in [5, 5.41) is 0. The lowest BCUT2D eigenvalue weighted by Gasteiger charge is -2.25. The van der Waals surface area contributed by atoms with Crippen LogP contribution in [0.3, 0.4) is 0 Å². The molecule has 0 atom stereocenters. The Balaban J connectivity index is 1.24. The molecule has 238 valence electrons. The topological polar surface area (TPSA) is 12.9 Å². The third-order valence-corrected chi connectivity index (χ3v) is 10.6. The van der Waals surface area contributed by atoms with E-state index in [1.54, 1.807) is 5.57 Å². The first-order valence-electron chi connectivity index (χ1n) is 17.5. The molecule has 1 nitrogen and oxygen atoms in total. The molecule has 1 heteroatoms. The van der Waals surface area contributed by atoms with Crippen molar-refractivity contribution in [1.82, 2.24) is 4.98 Å². The van der Waals surface area contributed by atoms with E-state index >= 15 is 0 Å². The van der Waals surface area contributed by atoms with Gasteiger partial charge >= 0.3 is 0 Å². The minimum atomic E-state index is 0.0432. The van der Waals surface area contributed by atoms with Crippen molar-refractivity contribution < 1.29 is 0 Å². The van der Waals surface area contributed by atoms with E-state index in [1.165, 1.54) is 50.1 Å². The lowest BCUT2D eigenvalue weighted by molar-refractivity contribution is 0.607. The summed E-state index contributed by atoms with van der Waals surface area (Å²) in [6, 6.07) is 30.8. The Hall–Kier alpha value is -5.53. The zero-order valence-corrected chi connectivity index (χ0v) is 28.4. The second-order valence-corrected chi connectivity index (χ2v) is 13.8. The summed E-state index contributed by atoms with van der Waals surface area (Å²) in [5.74, 6) is 0. The van der Waals surface area contributed by atoms with Crippen LogP contribution in [0.25, 0.3) is 39.1 Å². The molecule has 1 heterocycles. The van der Waals surface area contributed by atoms with Crippen molar-refractivity contribution in [2.45, 2.75) is 44.9 Å². The fourth-order valence-electron chi connectivity index (χ4n) is 8.07. The molecule has 0 spiro atoms. The minimum Gasteiger partial charge on any atom is -0.256 e. The van der Waals surface area contributed by atoms with E-state index < -0.39 is 0 Å². The first-order valence-corrected chi connectivity index (χ1v) is 17.5. The standard InChI is InChI=1S/C48H41N/c1-33-16-7-4-10-19-38(39-20-11-6-12-21-40(39)46(33)36-28-26-35(27-29-36)34-17-8-5-9-18-34)37-30-31-45(49-32-37)42-23-15-25-44-47(42)41-22-13-14-24-43(41)48(44,2)3/h4-13,15-18,21-23,25-32H,1,14,19-20,24H2,2-3H3/b10-4-,16-7-,39-38+,46-40+. The molecule has 0 N–H and O–H groups in total. The van der Waals surface area contributed by atoms with Crippen LogP contribution in [0.15, 0.2) is 181 Å². The maximum Gasteiger partial charge on any atom is 0.0708 e. The number of aromatic nitrogens is 1. The quantitative estimate of drug-likeness (QED) is 0.218. The monoisotopic (exact) mass is 631 g/mol. The number of benzene rings is 3. The molecular formula is C48H41N. The maximum atomic E-state index is 5.19. The molecule has 49 heavy (non-hydrogen) atoms. The second-order valence-electron chi connectivity index (χ2n) is 13.8. The van der Waals surface area contributed by atoms with Gasteiger partial charge < -0.3 is 0 Å². The van der Waals surface area contributed by atoms with Crippen LogP contribution in [-0.4, -0.2) is 4.98 Å². The summed E-state index contributed by atoms with van der Waals surface area (Å²) in [5.41, 5.74) is 18.8. The first kappa shape index (κ1) is 30.8. The molecule has 4 aromatic rings. The number of hydrogen-bond acceptors (Lipinski definition) is 1. The zero-order valence-electron chi connectivity index (χ0n) is 28.4. The summed E-state index contributed by atoms with van der Waals surface area (Å²) in [6.45, 7) is 9.34. The van der Waals surface area contributed by atoms with Crippen LogP contribution in [0.1, 0.15) is 61.8 Å². The molecular weight excluding hydrogens is 591 g/mol. The van der Waals surface area contributed by atoms with E-state index in [4.69, 9.17) is 4.98 Å². The number of pyridine rings is 1. The van der Waals surface area contributed by atoms with Crippen molar-refractivity contribution in [1.29, 1.82) is 0 Å². The van der Waals surface area contributed by atoms with Crippen LogP contribution in [0.4, 0.5) is 0 Å². The van der Waals surface area contributed by atoms with Crippen molar-refractivity contribution >= 4 is 16.7 Å². The maximum absolute atomic E-state index is 5.19. The van der Waals surface area contributed by atoms with Crippen LogP contribution in [0.2, 0.25) is 0 Å². The van der Waals surface area contributed by atoms with Gasteiger partial charge in [-0.2, -0.15) is 0 Å². The third kappa shape index (κ3) is 5.60. The smallest absolute Gasteiger partial charge is 0.0708 e. The largest absolute Gasteiger partial charge is 0.256 e. The Morgan fingerprint density at radius 1 is 0.612 bits per heavy atom. The molecule has 0 fully saturated rings. The molecule has 0 bridgehead atoms. The van der Waals surface area contributed by atoms with Gasteiger partial charge in [-0.15, -0.1) is 0 Å². The number of fused-ring (bicyclic) bond motifs is 3. The van der Waals surface area contributed by atoms with Crippen LogP contribution in [0, 0.1) is 0 Å². The van der Waals surface area contributed by atoms with Gasteiger partial charge in [-0.25, -0.2) is 0 Å². The van der Waals surface area contributed by atoms with Gasteiger partial charge in [0, 0.05) is 17.2 Å². The zero-order chi connectivity index (χ0) is 33.4. The van der Waals surface area contributed by atoms with Gasteiger partial charge in [0.25, 0.3) is 0 Å². The fraction of sp³-hybridized carbons (Fsp3) is 0.146. The van der Waals surface area contributed by atoms with E-state index in [0.717, 1.165) is 53.7 Å². The molecule has 4 aliphatic rings. The van der Waals surface area contributed by atoms with E-state index in [2.05, 4.69) is 172 Å². The minimum absolute atomic E-state index is 0.0432. The van der Waals surface area contributed by atoms with Gasteiger partial charge in [0.2, 0.25) is 0 Å². The lowest BCUT2D eigenvalue weighted by Crippen LogP contribution is -2.17. The molecule has 1 aromatic heterocycles. The van der Waals surface area contributed by atoms with Crippen LogP contribution in [0.5, 0.6) is 0 Å². The number of nitrogens with zero attached hydrogens (tertiary/aromatic N) is 1. The summed E-state index contributed by atoms with van der Waals surface area (Å²) < 4.78 is 0. The van der Waals surface area contributed by atoms with Crippen LogP contribution >= 0.6 is 0 Å². The normalized spacial score (nSPS) is 22.3. The molecule has 8 rings (SSSR count). The summed E-state index contributed by atoms with van der Waals surface area (Å²) >= 11 is 0. The Morgan fingerprint density at radius 2 is 1.33 bits per heavy atom. The van der Waals surface area contributed by atoms with Gasteiger partial charge in [-0.05, 0) is 98.6 Å². The van der Waals surface area contributed by atoms with Gasteiger partial charge in [0.15, 0.2) is 0 Å². The van der Waals surface area contributed by atoms with Crippen molar-refractivity contribution in [2.24, 2.45) is 0 Å². The average Bonchev–Trinajstić information content (AvgIpc) is 3.25. The van der Waals surface area contributed by atoms with Gasteiger partial charge in [-0.1, -0.05) is 166 Å². The molecule has 4 aliphatic carbocycles. The number of rotatable bonds is 4. The van der Waals surface area contributed by atoms with Crippen LogP contribution < -0.4 is 0 Å². The Morgan fingerprint density at radius 3 is 2.10 bits per heavy atom. The molecule has 0 unspecified atom stereocenters. The van der Waals surface area contributed by atoms with Crippen LogP contribution in [-0.2, 0) is 5.41 Å². The van der Waals surface area contributed by atoms with Gasteiger partial charge in [0.1, 0.15) is 0 Å². The Bertz CT molecular complexity index is 2200. The highest BCUT2D eigenvalue weighted by Crippen LogP contribution is 2.52. The number of hydrogen-bond donors (Lipinski definition) is 0. The van der Waals surface area contributed by atoms with E-state index in [1.807, 2.05) is 0 Å². The molecule has 0 saturated carbocycles. The molecule has 0 amide bonds. The van der Waals surface area contributed by atoms with E-state index in [9.17, 15) is 0 Å². The van der Waals surface area contributed by atoms with Crippen molar-refractivity contribution in [2.75, 3.05) is 0 Å². The SMILES string of the molecule is C=C1/C=C\C=C/C/C(c2ccc(-c3cccc4c3C3=C(CCC=C3)C4(C)C)nc2)=C2/CC=CC=C/C2=C/1c1ccc(-c2ccccc2)cc1. The molecule has 0 aliphatic heterocycles. The highest BCUT2D eigenvalue weighted by atomic mass is 14.7. The lowest BCUT2D eigenvalue weighted by atomic mass is 9.78. The fourth-order valence-corrected chi connectivity index (χ4v) is 8.07. The molecule has 0 radical (unpaired) electrons. The highest BCUT2D eigenvalue weighted by molar-refractivity contribution is 5.94. The molecule has 3 aromatic carbocycles. The van der Waals surface area contributed by atoms with E-state index in [0.29, 0.717) is 0 Å². The Labute approximate surface area is 291 Å². The molecule has 0 saturated heterocycles. The van der Waals surface area contributed by atoms with Crippen molar-refractivity contribution in [3.05, 3.63) is 203 Å². The van der Waals surface area contributed by atoms with Gasteiger partial charge in [0.05, 0.1) is 5.69 Å². The second kappa shape index (κ2) is 12.8. The first-order chi connectivity index (χ1) is 24.0. The van der Waals surface area contributed by atoms with Crippen molar-refractivity contribution in [3.8, 4) is 22.4 Å². The Kier molecular flexibility index (Phi) is 8.06. The average molecular weight is 632 g/mol. The summed E-state index contributed by atoms with van der Waals surface area (Å²) in [4.78, 5) is 5.19. The van der Waals surface area contributed by atoms with Gasteiger partial charge in [-0.3, -0.25) is 4.98 Å². The number of allylic oxidation sites excluding steroid dienone is 17. The predicted molar refractivity (Wildman–Crippen MR) is 209 cm³/mol.